The highest BCUT2D eigenvalue weighted by atomic mass is 32.1. The van der Waals surface area contributed by atoms with Crippen LogP contribution in [0.4, 0.5) is 5.69 Å². The molecule has 5 nitrogen and oxygen atoms in total. The molecule has 6 heteroatoms. The number of rotatable bonds is 6. The van der Waals surface area contributed by atoms with Gasteiger partial charge in [-0.15, -0.1) is 11.3 Å². The lowest BCUT2D eigenvalue weighted by Gasteiger charge is -2.11. The van der Waals surface area contributed by atoms with Gasteiger partial charge in [-0.2, -0.15) is 0 Å². The number of para-hydroxylation sites is 2. The lowest BCUT2D eigenvalue weighted by atomic mass is 10.2. The van der Waals surface area contributed by atoms with Gasteiger partial charge >= 0.3 is 0 Å². The quantitative estimate of drug-likeness (QED) is 0.504. The molecule has 4 aromatic rings. The summed E-state index contributed by atoms with van der Waals surface area (Å²) in [7, 11) is 1.59. The van der Waals surface area contributed by atoms with E-state index in [-0.39, 0.29) is 12.5 Å². The number of carbonyl (C=O) groups excluding carboxylic acids is 1. The van der Waals surface area contributed by atoms with Gasteiger partial charge < -0.3 is 14.8 Å². The molecule has 1 N–H and O–H groups in total. The van der Waals surface area contributed by atoms with Gasteiger partial charge in [-0.1, -0.05) is 30.3 Å². The Bertz CT molecular complexity index is 1090. The van der Waals surface area contributed by atoms with Crippen molar-refractivity contribution in [2.24, 2.45) is 0 Å². The minimum Gasteiger partial charge on any atom is -0.497 e. The fourth-order valence-corrected chi connectivity index (χ4v) is 3.79. The fourth-order valence-electron chi connectivity index (χ4n) is 2.80. The van der Waals surface area contributed by atoms with E-state index in [1.807, 2.05) is 60.7 Å². The predicted molar refractivity (Wildman–Crippen MR) is 112 cm³/mol. The van der Waals surface area contributed by atoms with E-state index in [1.165, 1.54) is 0 Å². The summed E-state index contributed by atoms with van der Waals surface area (Å²) in [6.45, 7) is -0.0981. The molecule has 0 spiro atoms. The number of carbonyl (C=O) groups is 1. The number of anilines is 1. The lowest BCUT2D eigenvalue weighted by molar-refractivity contribution is -0.118. The molecule has 0 radical (unpaired) electrons. The molecule has 1 aromatic heterocycles. The molecule has 1 amide bonds. The molecule has 0 unspecified atom stereocenters. The Labute approximate surface area is 166 Å². The van der Waals surface area contributed by atoms with Crippen molar-refractivity contribution in [2.75, 3.05) is 19.0 Å². The van der Waals surface area contributed by atoms with Gasteiger partial charge in [0.25, 0.3) is 5.91 Å². The summed E-state index contributed by atoms with van der Waals surface area (Å²) in [6, 6.07) is 22.8. The number of benzene rings is 3. The van der Waals surface area contributed by atoms with Crippen LogP contribution in [0.1, 0.15) is 0 Å². The number of fused-ring (bicyclic) bond motifs is 1. The van der Waals surface area contributed by atoms with Gasteiger partial charge in [-0.25, -0.2) is 4.98 Å². The Morgan fingerprint density at radius 2 is 1.86 bits per heavy atom. The van der Waals surface area contributed by atoms with E-state index in [1.54, 1.807) is 30.6 Å². The molecule has 28 heavy (non-hydrogen) atoms. The van der Waals surface area contributed by atoms with Crippen molar-refractivity contribution >= 4 is 33.1 Å². The third kappa shape index (κ3) is 3.97. The van der Waals surface area contributed by atoms with Crippen LogP contribution < -0.4 is 14.8 Å². The van der Waals surface area contributed by atoms with Gasteiger partial charge in [-0.05, 0) is 36.4 Å². The number of amides is 1. The van der Waals surface area contributed by atoms with Gasteiger partial charge in [-0.3, -0.25) is 4.79 Å². The Kier molecular flexibility index (Phi) is 5.21. The normalized spacial score (nSPS) is 10.6. The van der Waals surface area contributed by atoms with Crippen molar-refractivity contribution in [1.29, 1.82) is 0 Å². The van der Waals surface area contributed by atoms with E-state index < -0.39 is 0 Å². The highest BCUT2D eigenvalue weighted by Crippen LogP contribution is 2.35. The molecule has 4 rings (SSSR count). The largest absolute Gasteiger partial charge is 0.497 e. The van der Waals surface area contributed by atoms with Crippen molar-refractivity contribution < 1.29 is 14.3 Å². The number of thiazole rings is 1. The van der Waals surface area contributed by atoms with Crippen molar-refractivity contribution in [2.45, 2.75) is 0 Å². The first-order valence-corrected chi connectivity index (χ1v) is 9.56. The first-order chi connectivity index (χ1) is 13.7. The Hall–Kier alpha value is -3.38. The Morgan fingerprint density at radius 3 is 2.71 bits per heavy atom. The highest BCUT2D eigenvalue weighted by molar-refractivity contribution is 7.21. The second-order valence-electron chi connectivity index (χ2n) is 6.05. The average Bonchev–Trinajstić information content (AvgIpc) is 3.17. The molecule has 140 valence electrons. The monoisotopic (exact) mass is 390 g/mol. The van der Waals surface area contributed by atoms with E-state index in [2.05, 4.69) is 10.3 Å². The summed E-state index contributed by atoms with van der Waals surface area (Å²) in [6.07, 6.45) is 0. The third-order valence-corrected chi connectivity index (χ3v) is 5.19. The molecule has 1 heterocycles. The van der Waals surface area contributed by atoms with E-state index in [4.69, 9.17) is 9.47 Å². The lowest BCUT2D eigenvalue weighted by Crippen LogP contribution is -2.20. The number of hydrogen-bond acceptors (Lipinski definition) is 5. The highest BCUT2D eigenvalue weighted by Gasteiger charge is 2.12. The zero-order valence-corrected chi connectivity index (χ0v) is 16.0. The summed E-state index contributed by atoms with van der Waals surface area (Å²) < 4.78 is 12.1. The summed E-state index contributed by atoms with van der Waals surface area (Å²) in [4.78, 5) is 17.0. The van der Waals surface area contributed by atoms with Gasteiger partial charge in [0.2, 0.25) is 0 Å². The van der Waals surface area contributed by atoms with Crippen LogP contribution in [0.5, 0.6) is 11.5 Å². The van der Waals surface area contributed by atoms with Gasteiger partial charge in [0.1, 0.15) is 16.5 Å². The first kappa shape index (κ1) is 18.0. The molecule has 0 saturated carbocycles. The third-order valence-electron chi connectivity index (χ3n) is 4.12. The number of hydrogen-bond donors (Lipinski definition) is 1. The number of nitrogens with zero attached hydrogens (tertiary/aromatic N) is 1. The number of aromatic nitrogens is 1. The van der Waals surface area contributed by atoms with Crippen LogP contribution in [0.2, 0.25) is 0 Å². The molecule has 0 fully saturated rings. The van der Waals surface area contributed by atoms with Crippen LogP contribution in [0.3, 0.4) is 0 Å². The minimum absolute atomic E-state index is 0.0981. The van der Waals surface area contributed by atoms with Crippen LogP contribution in [0.15, 0.2) is 72.8 Å². The van der Waals surface area contributed by atoms with Crippen LogP contribution in [-0.4, -0.2) is 24.6 Å². The topological polar surface area (TPSA) is 60.5 Å². The molecule has 0 saturated heterocycles. The predicted octanol–water partition coefficient (Wildman–Crippen LogP) is 4.99. The second-order valence-corrected chi connectivity index (χ2v) is 7.08. The molecule has 0 bridgehead atoms. The minimum atomic E-state index is -0.243. The smallest absolute Gasteiger partial charge is 0.262 e. The van der Waals surface area contributed by atoms with Crippen molar-refractivity contribution in [1.82, 2.24) is 4.98 Å². The van der Waals surface area contributed by atoms with Crippen molar-refractivity contribution in [3.05, 3.63) is 72.8 Å². The molecule has 0 aliphatic rings. The maximum absolute atomic E-state index is 12.3. The van der Waals surface area contributed by atoms with Crippen LogP contribution >= 0.6 is 11.3 Å². The molecule has 0 aliphatic heterocycles. The van der Waals surface area contributed by atoms with Gasteiger partial charge in [0.05, 0.1) is 22.9 Å². The summed E-state index contributed by atoms with van der Waals surface area (Å²) in [5, 5.41) is 3.68. The SMILES string of the molecule is COc1cccc(NC(=O)COc2ccccc2-c2nc3ccccc3s2)c1. The maximum Gasteiger partial charge on any atom is 0.262 e. The van der Waals surface area contributed by atoms with E-state index in [0.717, 1.165) is 20.8 Å². The van der Waals surface area contributed by atoms with Crippen LogP contribution in [0.25, 0.3) is 20.8 Å². The van der Waals surface area contributed by atoms with Gasteiger partial charge in [0.15, 0.2) is 6.61 Å². The zero-order valence-electron chi connectivity index (χ0n) is 15.2. The number of ether oxygens (including phenoxy) is 2. The Morgan fingerprint density at radius 1 is 1.04 bits per heavy atom. The summed E-state index contributed by atoms with van der Waals surface area (Å²) >= 11 is 1.60. The zero-order chi connectivity index (χ0) is 19.3. The van der Waals surface area contributed by atoms with Crippen LogP contribution in [0, 0.1) is 0 Å². The second kappa shape index (κ2) is 8.10. The van der Waals surface area contributed by atoms with E-state index in [0.29, 0.717) is 17.2 Å². The van der Waals surface area contributed by atoms with Crippen molar-refractivity contribution in [3.8, 4) is 22.1 Å². The standard InChI is InChI=1S/C22H18N2O3S/c1-26-16-8-6-7-15(13-16)23-21(25)14-27-19-11-4-2-9-17(19)22-24-18-10-3-5-12-20(18)28-22/h2-13H,14H2,1H3,(H,23,25). The van der Waals surface area contributed by atoms with Crippen LogP contribution in [-0.2, 0) is 4.79 Å². The van der Waals surface area contributed by atoms with E-state index >= 15 is 0 Å². The van der Waals surface area contributed by atoms with E-state index in [9.17, 15) is 4.79 Å². The summed E-state index contributed by atoms with van der Waals surface area (Å²) in [5.41, 5.74) is 2.48. The number of nitrogens with one attached hydrogen (secondary N) is 1. The maximum atomic E-state index is 12.3. The molecule has 0 aliphatic carbocycles. The molecular weight excluding hydrogens is 372 g/mol. The van der Waals surface area contributed by atoms with Gasteiger partial charge in [0, 0.05) is 11.8 Å². The number of methoxy groups -OCH3 is 1. The first-order valence-electron chi connectivity index (χ1n) is 8.74. The molecule has 3 aromatic carbocycles. The Balaban J connectivity index is 1.48. The fraction of sp³-hybridized carbons (Fsp3) is 0.0909. The summed E-state index contributed by atoms with van der Waals surface area (Å²) in [5.74, 6) is 1.06. The molecule has 0 atom stereocenters. The van der Waals surface area contributed by atoms with Crippen molar-refractivity contribution in [3.63, 3.8) is 0 Å². The average molecular weight is 390 g/mol. The molecular formula is C22H18N2O3S.